The van der Waals surface area contributed by atoms with Gasteiger partial charge in [-0.2, -0.15) is 0 Å². The third-order valence-electron chi connectivity index (χ3n) is 3.08. The summed E-state index contributed by atoms with van der Waals surface area (Å²) >= 11 is 5.80. The summed E-state index contributed by atoms with van der Waals surface area (Å²) in [6.07, 6.45) is 3.50. The fraction of sp³-hybridized carbons (Fsp3) is 0.312. The molecule has 0 unspecified atom stereocenters. The van der Waals surface area contributed by atoms with E-state index in [2.05, 4.69) is 0 Å². The molecular weight excluding hydrogens is 290 g/mol. The summed E-state index contributed by atoms with van der Waals surface area (Å²) in [5.41, 5.74) is -0.0985. The van der Waals surface area contributed by atoms with Crippen LogP contribution in [0.5, 0.6) is 11.5 Å². The van der Waals surface area contributed by atoms with Gasteiger partial charge in [0.1, 0.15) is 5.75 Å². The Hall–Kier alpha value is -1.94. The van der Waals surface area contributed by atoms with Gasteiger partial charge in [-0.15, -0.1) is 0 Å². The third-order valence-corrected chi connectivity index (χ3v) is 3.33. The van der Waals surface area contributed by atoms with Gasteiger partial charge in [0.05, 0.1) is 13.7 Å². The number of halogens is 1. The van der Waals surface area contributed by atoms with E-state index >= 15 is 0 Å². The van der Waals surface area contributed by atoms with Crippen molar-refractivity contribution < 1.29 is 9.47 Å². The molecule has 0 bridgehead atoms. The molecule has 5 heteroatoms. The van der Waals surface area contributed by atoms with Crippen LogP contribution in [0.2, 0.25) is 5.02 Å². The number of benzene rings is 1. The lowest BCUT2D eigenvalue weighted by atomic mass is 10.3. The van der Waals surface area contributed by atoms with Crippen LogP contribution in [0.1, 0.15) is 12.8 Å². The Kier molecular flexibility index (Phi) is 5.69. The van der Waals surface area contributed by atoms with E-state index < -0.39 is 0 Å². The van der Waals surface area contributed by atoms with E-state index in [1.165, 1.54) is 7.11 Å². The fourth-order valence-electron chi connectivity index (χ4n) is 1.95. The molecule has 0 radical (unpaired) electrons. The quantitative estimate of drug-likeness (QED) is 0.736. The number of aromatic nitrogens is 1. The van der Waals surface area contributed by atoms with Crippen molar-refractivity contribution in [1.29, 1.82) is 0 Å². The first kappa shape index (κ1) is 15.4. The van der Waals surface area contributed by atoms with Gasteiger partial charge in [0.25, 0.3) is 5.56 Å². The smallest absolute Gasteiger partial charge is 0.292 e. The minimum atomic E-state index is -0.0985. The molecule has 112 valence electrons. The molecule has 0 aliphatic heterocycles. The third kappa shape index (κ3) is 4.53. The summed E-state index contributed by atoms with van der Waals surface area (Å²) in [4.78, 5) is 11.9. The molecule has 0 fully saturated rings. The Morgan fingerprint density at radius 2 is 1.90 bits per heavy atom. The largest absolute Gasteiger partial charge is 0.494 e. The van der Waals surface area contributed by atoms with Crippen LogP contribution < -0.4 is 15.0 Å². The van der Waals surface area contributed by atoms with Gasteiger partial charge in [-0.1, -0.05) is 11.6 Å². The van der Waals surface area contributed by atoms with Crippen molar-refractivity contribution in [3.8, 4) is 11.5 Å². The first-order valence-corrected chi connectivity index (χ1v) is 7.20. The van der Waals surface area contributed by atoms with Gasteiger partial charge < -0.3 is 14.0 Å². The van der Waals surface area contributed by atoms with Crippen molar-refractivity contribution in [1.82, 2.24) is 4.57 Å². The topological polar surface area (TPSA) is 40.5 Å². The van der Waals surface area contributed by atoms with Gasteiger partial charge >= 0.3 is 0 Å². The average Bonchev–Trinajstić information content (AvgIpc) is 2.50. The van der Waals surface area contributed by atoms with Crippen molar-refractivity contribution in [2.45, 2.75) is 19.4 Å². The number of ether oxygens (including phenoxy) is 2. The molecule has 0 amide bonds. The Balaban J connectivity index is 1.75. The van der Waals surface area contributed by atoms with Crippen LogP contribution in [0.4, 0.5) is 0 Å². The highest BCUT2D eigenvalue weighted by Gasteiger charge is 2.02. The van der Waals surface area contributed by atoms with E-state index in [4.69, 9.17) is 21.1 Å². The highest BCUT2D eigenvalue weighted by molar-refractivity contribution is 6.30. The predicted octanol–water partition coefficient (Wildman–Crippen LogP) is 3.37. The molecule has 0 spiro atoms. The predicted molar refractivity (Wildman–Crippen MR) is 83.4 cm³/mol. The lowest BCUT2D eigenvalue weighted by molar-refractivity contribution is 0.302. The highest BCUT2D eigenvalue weighted by atomic mass is 35.5. The number of rotatable bonds is 7. The van der Waals surface area contributed by atoms with Crippen molar-refractivity contribution >= 4 is 11.6 Å². The maximum atomic E-state index is 11.9. The Morgan fingerprint density at radius 1 is 1.14 bits per heavy atom. The molecule has 1 heterocycles. The summed E-state index contributed by atoms with van der Waals surface area (Å²) in [6, 6.07) is 10.8. The summed E-state index contributed by atoms with van der Waals surface area (Å²) in [7, 11) is 1.50. The van der Waals surface area contributed by atoms with Gasteiger partial charge in [0, 0.05) is 17.8 Å². The lowest BCUT2D eigenvalue weighted by Gasteiger charge is -2.08. The van der Waals surface area contributed by atoms with Gasteiger partial charge in [0.15, 0.2) is 5.75 Å². The van der Waals surface area contributed by atoms with Crippen molar-refractivity contribution in [3.05, 3.63) is 58.0 Å². The number of methoxy groups -OCH3 is 1. The standard InChI is InChI=1S/C16H18ClNO3/c1-20-15-5-4-11-18(16(15)19)10-2-3-12-21-14-8-6-13(17)7-9-14/h4-9,11H,2-3,10,12H2,1H3. The molecule has 0 saturated heterocycles. The number of hydrogen-bond donors (Lipinski definition) is 0. The highest BCUT2D eigenvalue weighted by Crippen LogP contribution is 2.15. The zero-order chi connectivity index (χ0) is 15.1. The molecule has 1 aromatic heterocycles. The van der Waals surface area contributed by atoms with E-state index in [1.54, 1.807) is 29.0 Å². The molecule has 4 nitrogen and oxygen atoms in total. The molecule has 0 aliphatic rings. The van der Waals surface area contributed by atoms with Crippen LogP contribution in [-0.2, 0) is 6.54 Å². The summed E-state index contributed by atoms with van der Waals surface area (Å²) in [6.45, 7) is 1.26. The van der Waals surface area contributed by atoms with Crippen LogP contribution in [0.3, 0.4) is 0 Å². The molecule has 2 rings (SSSR count). The van der Waals surface area contributed by atoms with Crippen LogP contribution in [0.15, 0.2) is 47.4 Å². The van der Waals surface area contributed by atoms with Crippen LogP contribution in [-0.4, -0.2) is 18.3 Å². The maximum Gasteiger partial charge on any atom is 0.292 e. The molecule has 21 heavy (non-hydrogen) atoms. The van der Waals surface area contributed by atoms with Crippen molar-refractivity contribution in [2.75, 3.05) is 13.7 Å². The average molecular weight is 308 g/mol. The van der Waals surface area contributed by atoms with Crippen LogP contribution >= 0.6 is 11.6 Å². The number of nitrogens with zero attached hydrogens (tertiary/aromatic N) is 1. The lowest BCUT2D eigenvalue weighted by Crippen LogP contribution is -2.20. The fourth-order valence-corrected chi connectivity index (χ4v) is 2.08. The minimum absolute atomic E-state index is 0.0985. The molecular formula is C16H18ClNO3. The number of pyridine rings is 1. The summed E-state index contributed by atoms with van der Waals surface area (Å²) in [5, 5.41) is 0.694. The Bertz CT molecular complexity index is 622. The van der Waals surface area contributed by atoms with E-state index in [1.807, 2.05) is 18.2 Å². The van der Waals surface area contributed by atoms with Gasteiger partial charge in [-0.3, -0.25) is 4.79 Å². The first-order chi connectivity index (χ1) is 10.2. The van der Waals surface area contributed by atoms with E-state index in [-0.39, 0.29) is 5.56 Å². The van der Waals surface area contributed by atoms with Gasteiger partial charge in [0.2, 0.25) is 0 Å². The SMILES string of the molecule is COc1cccn(CCCCOc2ccc(Cl)cc2)c1=O. The molecule has 0 N–H and O–H groups in total. The number of unbranched alkanes of at least 4 members (excludes halogenated alkanes) is 1. The monoisotopic (exact) mass is 307 g/mol. The normalized spacial score (nSPS) is 10.4. The number of aryl methyl sites for hydroxylation is 1. The molecule has 1 aromatic carbocycles. The van der Waals surface area contributed by atoms with E-state index in [0.717, 1.165) is 18.6 Å². The first-order valence-electron chi connectivity index (χ1n) is 6.82. The second-order valence-electron chi connectivity index (χ2n) is 4.58. The van der Waals surface area contributed by atoms with Crippen molar-refractivity contribution in [3.63, 3.8) is 0 Å². The minimum Gasteiger partial charge on any atom is -0.494 e. The Labute approximate surface area is 128 Å². The zero-order valence-electron chi connectivity index (χ0n) is 11.9. The second kappa shape index (κ2) is 7.74. The van der Waals surface area contributed by atoms with Gasteiger partial charge in [-0.25, -0.2) is 0 Å². The summed E-state index contributed by atoms with van der Waals surface area (Å²) in [5.74, 6) is 1.17. The van der Waals surface area contributed by atoms with E-state index in [0.29, 0.717) is 23.9 Å². The van der Waals surface area contributed by atoms with Crippen LogP contribution in [0, 0.1) is 0 Å². The molecule has 0 aliphatic carbocycles. The van der Waals surface area contributed by atoms with Crippen molar-refractivity contribution in [2.24, 2.45) is 0 Å². The van der Waals surface area contributed by atoms with E-state index in [9.17, 15) is 4.79 Å². The molecule has 2 aromatic rings. The Morgan fingerprint density at radius 3 is 2.62 bits per heavy atom. The van der Waals surface area contributed by atoms with Gasteiger partial charge in [-0.05, 0) is 49.2 Å². The zero-order valence-corrected chi connectivity index (χ0v) is 12.7. The second-order valence-corrected chi connectivity index (χ2v) is 5.02. The maximum absolute atomic E-state index is 11.9. The molecule has 0 saturated carbocycles. The van der Waals surface area contributed by atoms with Crippen LogP contribution in [0.25, 0.3) is 0 Å². The summed E-state index contributed by atoms with van der Waals surface area (Å²) < 4.78 is 12.3. The number of hydrogen-bond acceptors (Lipinski definition) is 3. The molecule has 0 atom stereocenters.